The maximum Gasteiger partial charge on any atom is 0.416 e. The number of imidazole rings is 1. The molecule has 0 spiro atoms. The second-order valence-electron chi connectivity index (χ2n) is 7.73. The molecule has 5 aromatic rings. The fourth-order valence-electron chi connectivity index (χ4n) is 3.17. The number of hydrogen-bond donors (Lipinski definition) is 2. The van der Waals surface area contributed by atoms with Crippen LogP contribution in [-0.2, 0) is 6.18 Å². The summed E-state index contributed by atoms with van der Waals surface area (Å²) in [6.45, 7) is -1.46. The van der Waals surface area contributed by atoms with Gasteiger partial charge in [-0.25, -0.2) is 15.0 Å². The molecule has 0 aliphatic carbocycles. The van der Waals surface area contributed by atoms with E-state index in [1.54, 1.807) is 0 Å². The van der Waals surface area contributed by atoms with E-state index in [0.717, 1.165) is 18.6 Å². The third-order valence-corrected chi connectivity index (χ3v) is 4.99. The van der Waals surface area contributed by atoms with Crippen molar-refractivity contribution >= 4 is 23.2 Å². The molecule has 0 aliphatic heterocycles. The van der Waals surface area contributed by atoms with Gasteiger partial charge in [0.25, 0.3) is 5.91 Å². The summed E-state index contributed by atoms with van der Waals surface area (Å²) in [5, 5.41) is 2.44. The number of hydrogen-bond acceptors (Lipinski definition) is 6. The molecule has 0 fully saturated rings. The van der Waals surface area contributed by atoms with Crippen LogP contribution in [0.1, 0.15) is 43.6 Å². The van der Waals surface area contributed by atoms with Gasteiger partial charge in [0, 0.05) is 57.0 Å². The molecule has 0 bridgehead atoms. The summed E-state index contributed by atoms with van der Waals surface area (Å²) in [6.07, 6.45) is -3.87. The molecule has 0 unspecified atom stereocenters. The summed E-state index contributed by atoms with van der Waals surface area (Å²) in [6, 6.07) is -4.36. The normalized spacial score (nSPS) is 16.4. The molecule has 3 heterocycles. The van der Waals surface area contributed by atoms with Gasteiger partial charge < -0.3 is 15.2 Å². The molecule has 5 rings (SSSR count). The van der Waals surface area contributed by atoms with Gasteiger partial charge in [0.05, 0.1) is 35.6 Å². The quantitative estimate of drug-likeness (QED) is 0.259. The molecule has 0 saturated carbocycles. The number of carbonyl (C=O) groups excluding carboxylic acids is 1. The molecule has 0 aliphatic rings. The van der Waals surface area contributed by atoms with Crippen LogP contribution < -0.4 is 10.6 Å². The Morgan fingerprint density at radius 3 is 2.85 bits per heavy atom. The highest BCUT2D eigenvalue weighted by atomic mass is 19.4. The van der Waals surface area contributed by atoms with Crippen LogP contribution in [0.5, 0.6) is 0 Å². The molecule has 2 N–H and O–H groups in total. The molecule has 0 saturated heterocycles. The van der Waals surface area contributed by atoms with Gasteiger partial charge in [0.2, 0.25) is 5.95 Å². The van der Waals surface area contributed by atoms with Crippen molar-refractivity contribution in [2.24, 2.45) is 0 Å². The Morgan fingerprint density at radius 1 is 1.18 bits per heavy atom. The van der Waals surface area contributed by atoms with Crippen molar-refractivity contribution in [3.05, 3.63) is 108 Å². The smallest absolute Gasteiger partial charge is 0.324 e. The summed E-state index contributed by atoms with van der Waals surface area (Å²) in [7, 11) is 0. The van der Waals surface area contributed by atoms with E-state index in [4.69, 9.17) is 17.9 Å². The third-order valence-electron chi connectivity index (χ3n) is 4.99. The summed E-state index contributed by atoms with van der Waals surface area (Å²) in [4.78, 5) is 29.2. The highest BCUT2D eigenvalue weighted by molar-refractivity contribution is 6.05. The highest BCUT2D eigenvalue weighted by Gasteiger charge is 2.31. The molecule has 196 valence electrons. The fourth-order valence-corrected chi connectivity index (χ4v) is 3.17. The monoisotopic (exact) mass is 542 g/mol. The van der Waals surface area contributed by atoms with Crippen LogP contribution in [0, 0.1) is 13.8 Å². The fraction of sp³-hybridized carbons (Fsp3) is 0.107. The Balaban J connectivity index is 1.61. The maximum atomic E-state index is 14.2. The summed E-state index contributed by atoms with van der Waals surface area (Å²) in [5.74, 6) is -1.81. The zero-order chi connectivity index (χ0) is 38.8. The van der Waals surface area contributed by atoms with E-state index in [-0.39, 0.29) is 33.8 Å². The lowest BCUT2D eigenvalue weighted by Crippen LogP contribution is -2.14. The van der Waals surface area contributed by atoms with Gasteiger partial charge in [-0.2, -0.15) is 13.2 Å². The zero-order valence-corrected chi connectivity index (χ0v) is 19.6. The average molecular weight is 543 g/mol. The Bertz CT molecular complexity index is 2280. The lowest BCUT2D eigenvalue weighted by molar-refractivity contribution is -0.137. The Morgan fingerprint density at radius 2 is 2.05 bits per heavy atom. The van der Waals surface area contributed by atoms with Gasteiger partial charge in [0.1, 0.15) is 0 Å². The molecule has 8 nitrogen and oxygen atoms in total. The van der Waals surface area contributed by atoms with E-state index in [2.05, 4.69) is 25.3 Å². The molecule has 2 aromatic carbocycles. The first kappa shape index (κ1) is 14.2. The number of anilines is 3. The van der Waals surface area contributed by atoms with Crippen molar-refractivity contribution in [3.8, 4) is 16.9 Å². The van der Waals surface area contributed by atoms with Crippen LogP contribution >= 0.6 is 0 Å². The van der Waals surface area contributed by atoms with E-state index >= 15 is 0 Å². The number of alkyl halides is 3. The number of aryl methyl sites for hydroxylation is 1. The van der Waals surface area contributed by atoms with E-state index in [1.165, 1.54) is 19.2 Å². The van der Waals surface area contributed by atoms with Crippen molar-refractivity contribution in [2.75, 3.05) is 10.6 Å². The maximum absolute atomic E-state index is 14.2. The van der Waals surface area contributed by atoms with Crippen molar-refractivity contribution in [1.82, 2.24) is 24.5 Å². The number of nitrogens with one attached hydrogen (secondary N) is 2. The first-order valence-corrected chi connectivity index (χ1v) is 10.8. The number of nitrogens with zero attached hydrogens (tertiary/aromatic N) is 5. The second kappa shape index (κ2) is 10.4. The predicted molar refractivity (Wildman–Crippen MR) is 141 cm³/mol. The highest BCUT2D eigenvalue weighted by Crippen LogP contribution is 2.33. The van der Waals surface area contributed by atoms with Crippen LogP contribution in [-0.4, -0.2) is 30.4 Å². The van der Waals surface area contributed by atoms with Crippen molar-refractivity contribution in [2.45, 2.75) is 20.0 Å². The molecule has 0 atom stereocenters. The topological polar surface area (TPSA) is 97.6 Å². The Labute approximate surface area is 239 Å². The molecule has 0 radical (unpaired) electrons. The first-order chi connectivity index (χ1) is 24.1. The largest absolute Gasteiger partial charge is 0.416 e. The Kier molecular flexibility index (Phi) is 3.77. The van der Waals surface area contributed by atoms with E-state index in [9.17, 15) is 18.0 Å². The van der Waals surface area contributed by atoms with E-state index in [1.807, 2.05) is 0 Å². The number of rotatable bonds is 6. The number of aromatic nitrogens is 5. The van der Waals surface area contributed by atoms with Crippen LogP contribution in [0.3, 0.4) is 0 Å². The third kappa shape index (κ3) is 5.93. The summed E-state index contributed by atoms with van der Waals surface area (Å²) in [5.41, 5.74) is -5.87. The molecule has 11 heteroatoms. The predicted octanol–water partition coefficient (Wildman–Crippen LogP) is 6.36. The van der Waals surface area contributed by atoms with Crippen molar-refractivity contribution < 1.29 is 35.8 Å². The zero-order valence-electron chi connectivity index (χ0n) is 32.6. The van der Waals surface area contributed by atoms with Gasteiger partial charge in [-0.3, -0.25) is 9.78 Å². The number of amides is 1. The number of pyridine rings is 1. The number of benzene rings is 2. The second-order valence-corrected chi connectivity index (χ2v) is 7.73. The Hall–Kier alpha value is -5.06. The van der Waals surface area contributed by atoms with Crippen LogP contribution in [0.2, 0.25) is 1.41 Å². The first-order valence-electron chi connectivity index (χ1n) is 17.3. The van der Waals surface area contributed by atoms with Crippen LogP contribution in [0.15, 0.2) is 85.5 Å². The van der Waals surface area contributed by atoms with E-state index < -0.39 is 102 Å². The van der Waals surface area contributed by atoms with Crippen LogP contribution in [0.4, 0.5) is 30.5 Å². The molecule has 1 amide bonds. The van der Waals surface area contributed by atoms with Gasteiger partial charge in [0.15, 0.2) is 1.41 Å². The number of halogens is 3. The minimum absolute atomic E-state index is 0.0378. The molecule has 39 heavy (non-hydrogen) atoms. The SMILES string of the molecule is [2H]c1nc([2H])c(-c2ccnc(Nc3cc(C(=O)N([2H])c4c([2H])c(-n5cnc(C([2H])([2H])[2H])c5)c([2H])c(C(F)(F)F)c4[2H])c([2H])c([2H])c3C)n2)c([2H])c1[2H]. The molecular weight excluding hydrogens is 507 g/mol. The minimum Gasteiger partial charge on any atom is -0.324 e. The van der Waals surface area contributed by atoms with Gasteiger partial charge in [-0.15, -0.1) is 0 Å². The van der Waals surface area contributed by atoms with E-state index in [0.29, 0.717) is 4.57 Å². The summed E-state index contributed by atoms with van der Waals surface area (Å²) < 4.78 is 148. The standard InChI is InChI=1S/C28H22F3N7O/c1-17-5-6-19(10-25(17)37-27-33-9-7-24(36-27)20-4-3-8-32-14-20)26(39)35-22-11-21(28(29,30)31)12-23(13-22)38-15-18(2)34-16-38/h3-16H,1-2H3,(H,35,39)(H,33,36,37)/i2D3,3D,4D,5D,6D,8D,11D,12D,13D,14D/hD. The summed E-state index contributed by atoms with van der Waals surface area (Å²) >= 11 is 0. The lowest BCUT2D eigenvalue weighted by atomic mass is 10.1. The van der Waals surface area contributed by atoms with Gasteiger partial charge in [-0.05, 0) is 67.7 Å². The molecular formula is C28H22F3N7O. The van der Waals surface area contributed by atoms with Gasteiger partial charge >= 0.3 is 6.18 Å². The molecule has 3 aromatic heterocycles. The van der Waals surface area contributed by atoms with Crippen LogP contribution in [0.25, 0.3) is 16.9 Å². The number of carbonyl (C=O) groups is 1. The minimum atomic E-state index is -5.42. The lowest BCUT2D eigenvalue weighted by Gasteiger charge is -2.14. The van der Waals surface area contributed by atoms with Crippen molar-refractivity contribution in [1.29, 1.82) is 0 Å². The average Bonchev–Trinajstić information content (AvgIpc) is 3.54. The van der Waals surface area contributed by atoms with Gasteiger partial charge in [-0.1, -0.05) is 6.04 Å². The van der Waals surface area contributed by atoms with Crippen molar-refractivity contribution in [3.63, 3.8) is 0 Å².